The first-order chi connectivity index (χ1) is 9.63. The Morgan fingerprint density at radius 2 is 1.95 bits per heavy atom. The summed E-state index contributed by atoms with van der Waals surface area (Å²) in [6.45, 7) is 2.91. The number of rotatable bonds is 6. The van der Waals surface area contributed by atoms with E-state index in [0.717, 1.165) is 0 Å². The summed E-state index contributed by atoms with van der Waals surface area (Å²) in [4.78, 5) is 33.8. The predicted molar refractivity (Wildman–Crippen MR) is 78.3 cm³/mol. The van der Waals surface area contributed by atoms with Gasteiger partial charge in [-0.15, -0.1) is 0 Å². The molecule has 5 N–H and O–H groups in total. The zero-order valence-electron chi connectivity index (χ0n) is 11.6. The van der Waals surface area contributed by atoms with Gasteiger partial charge in [-0.1, -0.05) is 11.6 Å². The van der Waals surface area contributed by atoms with E-state index < -0.39 is 23.3 Å². The summed E-state index contributed by atoms with van der Waals surface area (Å²) < 4.78 is 0. The van der Waals surface area contributed by atoms with Gasteiger partial charge in [-0.3, -0.25) is 14.9 Å². The first-order valence-electron chi connectivity index (χ1n) is 6.01. The second-order valence-corrected chi connectivity index (χ2v) is 5.30. The maximum atomic E-state index is 11.8. The van der Waals surface area contributed by atoms with Gasteiger partial charge < -0.3 is 16.2 Å². The molecule has 0 radical (unpaired) electrons. The van der Waals surface area contributed by atoms with Gasteiger partial charge in [0.25, 0.3) is 0 Å². The number of carboxylic acids is 1. The minimum Gasteiger partial charge on any atom is -0.478 e. The molecule has 0 heterocycles. The SMILES string of the molecule is CC(C)(NCC(=O)Nc1cc(C(=O)O)ccc1Cl)C(N)=O. The summed E-state index contributed by atoms with van der Waals surface area (Å²) >= 11 is 5.88. The highest BCUT2D eigenvalue weighted by Crippen LogP contribution is 2.23. The number of anilines is 1. The number of nitrogens with one attached hydrogen (secondary N) is 2. The Hall–Kier alpha value is -2.12. The lowest BCUT2D eigenvalue weighted by Crippen LogP contribution is -2.52. The molecule has 0 spiro atoms. The largest absolute Gasteiger partial charge is 0.478 e. The van der Waals surface area contributed by atoms with Crippen LogP contribution < -0.4 is 16.4 Å². The minimum absolute atomic E-state index is 0.000116. The molecule has 0 aromatic heterocycles. The predicted octanol–water partition coefficient (Wildman–Crippen LogP) is 0.830. The molecule has 1 rings (SSSR count). The number of benzene rings is 1. The number of amides is 2. The molecular weight excluding hydrogens is 298 g/mol. The van der Waals surface area contributed by atoms with Gasteiger partial charge in [0.15, 0.2) is 0 Å². The van der Waals surface area contributed by atoms with Crippen LogP contribution in [0.5, 0.6) is 0 Å². The maximum Gasteiger partial charge on any atom is 0.335 e. The van der Waals surface area contributed by atoms with E-state index >= 15 is 0 Å². The van der Waals surface area contributed by atoms with Crippen molar-refractivity contribution in [3.05, 3.63) is 28.8 Å². The van der Waals surface area contributed by atoms with E-state index in [0.29, 0.717) is 0 Å². The fourth-order valence-electron chi connectivity index (χ4n) is 1.34. The van der Waals surface area contributed by atoms with E-state index in [1.165, 1.54) is 18.2 Å². The molecule has 0 atom stereocenters. The van der Waals surface area contributed by atoms with Crippen molar-refractivity contribution in [1.29, 1.82) is 0 Å². The van der Waals surface area contributed by atoms with Crippen molar-refractivity contribution in [3.63, 3.8) is 0 Å². The van der Waals surface area contributed by atoms with Crippen LogP contribution in [0.3, 0.4) is 0 Å². The number of hydrogen-bond donors (Lipinski definition) is 4. The number of nitrogens with two attached hydrogens (primary N) is 1. The molecule has 2 amide bonds. The van der Waals surface area contributed by atoms with E-state index in [-0.39, 0.29) is 22.8 Å². The molecule has 1 aromatic carbocycles. The molecule has 0 unspecified atom stereocenters. The van der Waals surface area contributed by atoms with Crippen molar-refractivity contribution >= 4 is 35.1 Å². The number of carboxylic acid groups (broad SMARTS) is 1. The highest BCUT2D eigenvalue weighted by atomic mass is 35.5. The zero-order valence-corrected chi connectivity index (χ0v) is 12.3. The van der Waals surface area contributed by atoms with Crippen LogP contribution in [0, 0.1) is 0 Å². The number of halogens is 1. The van der Waals surface area contributed by atoms with Crippen LogP contribution in [-0.2, 0) is 9.59 Å². The van der Waals surface area contributed by atoms with Crippen molar-refractivity contribution < 1.29 is 19.5 Å². The number of hydrogen-bond acceptors (Lipinski definition) is 4. The zero-order chi connectivity index (χ0) is 16.2. The highest BCUT2D eigenvalue weighted by molar-refractivity contribution is 6.33. The van der Waals surface area contributed by atoms with E-state index in [9.17, 15) is 14.4 Å². The van der Waals surface area contributed by atoms with E-state index in [1.54, 1.807) is 13.8 Å². The van der Waals surface area contributed by atoms with Crippen LogP contribution in [0.1, 0.15) is 24.2 Å². The number of carbonyl (C=O) groups excluding carboxylic acids is 2. The lowest BCUT2D eigenvalue weighted by Gasteiger charge is -2.21. The Balaban J connectivity index is 2.73. The highest BCUT2D eigenvalue weighted by Gasteiger charge is 2.24. The van der Waals surface area contributed by atoms with Crippen molar-refractivity contribution in [2.45, 2.75) is 19.4 Å². The lowest BCUT2D eigenvalue weighted by atomic mass is 10.1. The smallest absolute Gasteiger partial charge is 0.335 e. The normalized spacial score (nSPS) is 11.0. The standard InChI is InChI=1S/C13H16ClN3O4/c1-13(2,12(15)21)16-6-10(18)17-9-5-7(11(19)20)3-4-8(9)14/h3-5,16H,6H2,1-2H3,(H2,15,21)(H,17,18)(H,19,20). The van der Waals surface area contributed by atoms with Crippen LogP contribution >= 0.6 is 11.6 Å². The van der Waals surface area contributed by atoms with Gasteiger partial charge in [-0.2, -0.15) is 0 Å². The van der Waals surface area contributed by atoms with E-state index in [1.807, 2.05) is 0 Å². The molecule has 0 bridgehead atoms. The number of aromatic carboxylic acids is 1. The first kappa shape index (κ1) is 16.9. The van der Waals surface area contributed by atoms with Gasteiger partial charge in [-0.25, -0.2) is 4.79 Å². The Kier molecular flexibility index (Phi) is 5.28. The molecule has 21 heavy (non-hydrogen) atoms. The monoisotopic (exact) mass is 313 g/mol. The van der Waals surface area contributed by atoms with Crippen LogP contribution in [0.2, 0.25) is 5.02 Å². The number of primary amides is 1. The van der Waals surface area contributed by atoms with Crippen molar-refractivity contribution in [2.24, 2.45) is 5.73 Å². The second kappa shape index (κ2) is 6.55. The van der Waals surface area contributed by atoms with Crippen molar-refractivity contribution in [2.75, 3.05) is 11.9 Å². The average molecular weight is 314 g/mol. The van der Waals surface area contributed by atoms with Crippen molar-refractivity contribution in [3.8, 4) is 0 Å². The third-order valence-corrected chi connectivity index (χ3v) is 3.12. The minimum atomic E-state index is -1.13. The molecular formula is C13H16ClN3O4. The summed E-state index contributed by atoms with van der Waals surface area (Å²) in [5.74, 6) is -2.20. The summed E-state index contributed by atoms with van der Waals surface area (Å²) in [6, 6.07) is 3.96. The maximum absolute atomic E-state index is 11.8. The topological polar surface area (TPSA) is 122 Å². The van der Waals surface area contributed by atoms with Crippen LogP contribution in [-0.4, -0.2) is 35.0 Å². The van der Waals surface area contributed by atoms with Gasteiger partial charge in [-0.05, 0) is 32.0 Å². The Labute approximate surface area is 126 Å². The lowest BCUT2D eigenvalue weighted by molar-refractivity contribution is -0.123. The fraction of sp³-hybridized carbons (Fsp3) is 0.308. The Morgan fingerprint density at radius 3 is 2.48 bits per heavy atom. The molecule has 0 aliphatic carbocycles. The number of carbonyl (C=O) groups is 3. The molecule has 114 valence electrons. The Morgan fingerprint density at radius 1 is 1.33 bits per heavy atom. The van der Waals surface area contributed by atoms with Gasteiger partial charge in [0.1, 0.15) is 0 Å². The molecule has 0 saturated carbocycles. The molecule has 0 fully saturated rings. The summed E-state index contributed by atoms with van der Waals surface area (Å²) in [5.41, 5.74) is 4.31. The Bertz CT molecular complexity index is 587. The van der Waals surface area contributed by atoms with Gasteiger partial charge >= 0.3 is 5.97 Å². The molecule has 0 saturated heterocycles. The average Bonchev–Trinajstić information content (AvgIpc) is 2.38. The van der Waals surface area contributed by atoms with E-state index in [2.05, 4.69) is 10.6 Å². The van der Waals surface area contributed by atoms with Gasteiger partial charge in [0, 0.05) is 0 Å². The molecule has 7 nitrogen and oxygen atoms in total. The summed E-state index contributed by atoms with van der Waals surface area (Å²) in [7, 11) is 0. The third-order valence-electron chi connectivity index (χ3n) is 2.79. The third kappa shape index (κ3) is 4.73. The van der Waals surface area contributed by atoms with Crippen LogP contribution in [0.25, 0.3) is 0 Å². The summed E-state index contributed by atoms with van der Waals surface area (Å²) in [5, 5.41) is 14.3. The van der Waals surface area contributed by atoms with Crippen molar-refractivity contribution in [1.82, 2.24) is 5.32 Å². The quantitative estimate of drug-likeness (QED) is 0.619. The molecule has 1 aromatic rings. The second-order valence-electron chi connectivity index (χ2n) is 4.89. The van der Waals surface area contributed by atoms with Crippen LogP contribution in [0.4, 0.5) is 5.69 Å². The van der Waals surface area contributed by atoms with Crippen LogP contribution in [0.15, 0.2) is 18.2 Å². The van der Waals surface area contributed by atoms with E-state index in [4.69, 9.17) is 22.4 Å². The molecule has 0 aliphatic heterocycles. The molecule has 8 heteroatoms. The first-order valence-corrected chi connectivity index (χ1v) is 6.39. The summed E-state index contributed by atoms with van der Waals surface area (Å²) in [6.07, 6.45) is 0. The van der Waals surface area contributed by atoms with Gasteiger partial charge in [0.05, 0.1) is 28.4 Å². The van der Waals surface area contributed by atoms with Gasteiger partial charge in [0.2, 0.25) is 11.8 Å². The fourth-order valence-corrected chi connectivity index (χ4v) is 1.50. The molecule has 0 aliphatic rings.